The maximum absolute atomic E-state index is 11.2. The molecule has 0 saturated carbocycles. The largest absolute Gasteiger partial charge is 0.444 e. The third kappa shape index (κ3) is 2.88. The van der Waals surface area contributed by atoms with E-state index in [0.29, 0.717) is 19.0 Å². The number of nitrogens with two attached hydrogens (primary N) is 1. The van der Waals surface area contributed by atoms with E-state index >= 15 is 0 Å². The summed E-state index contributed by atoms with van der Waals surface area (Å²) in [6.07, 6.45) is -0.570. The van der Waals surface area contributed by atoms with Gasteiger partial charge in [0.2, 0.25) is 11.8 Å². The first kappa shape index (κ1) is 13.0. The molecule has 1 aromatic rings. The molecule has 1 aliphatic rings. The molecule has 2 rings (SSSR count). The second-order valence-electron chi connectivity index (χ2n) is 4.78. The van der Waals surface area contributed by atoms with E-state index in [1.165, 1.54) is 0 Å². The summed E-state index contributed by atoms with van der Waals surface area (Å²) in [7, 11) is 0. The number of aromatic nitrogens is 1. The second kappa shape index (κ2) is 5.07. The monoisotopic (exact) mass is 253 g/mol. The van der Waals surface area contributed by atoms with Crippen LogP contribution in [0, 0.1) is 13.8 Å². The summed E-state index contributed by atoms with van der Waals surface area (Å²) >= 11 is 0. The highest BCUT2D eigenvalue weighted by Crippen LogP contribution is 2.15. The molecule has 1 aromatic heterocycles. The number of rotatable bonds is 3. The summed E-state index contributed by atoms with van der Waals surface area (Å²) < 4.78 is 11.0. The van der Waals surface area contributed by atoms with Gasteiger partial charge in [0.05, 0.1) is 18.3 Å². The number of ether oxygens (including phenoxy) is 1. The van der Waals surface area contributed by atoms with Crippen molar-refractivity contribution < 1.29 is 13.9 Å². The average molecular weight is 253 g/mol. The Morgan fingerprint density at radius 3 is 2.78 bits per heavy atom. The lowest BCUT2D eigenvalue weighted by Gasteiger charge is -2.34. The molecule has 1 aliphatic heterocycles. The lowest BCUT2D eigenvalue weighted by molar-refractivity contribution is -0.143. The molecule has 0 radical (unpaired) electrons. The lowest BCUT2D eigenvalue weighted by atomic mass is 10.2. The fourth-order valence-corrected chi connectivity index (χ4v) is 2.12. The minimum Gasteiger partial charge on any atom is -0.444 e. The number of morpholine rings is 1. The molecule has 0 aliphatic carbocycles. The van der Waals surface area contributed by atoms with Gasteiger partial charge in [0.25, 0.3) is 0 Å². The van der Waals surface area contributed by atoms with Crippen LogP contribution < -0.4 is 5.73 Å². The Bertz CT molecular complexity index is 424. The molecule has 6 heteroatoms. The molecule has 0 unspecified atom stereocenters. The third-order valence-electron chi connectivity index (χ3n) is 3.08. The van der Waals surface area contributed by atoms with Gasteiger partial charge in [-0.3, -0.25) is 9.69 Å². The summed E-state index contributed by atoms with van der Waals surface area (Å²) in [5.74, 6) is 1.08. The number of amides is 1. The van der Waals surface area contributed by atoms with Crippen LogP contribution in [0.25, 0.3) is 0 Å². The number of oxazole rings is 1. The molecular weight excluding hydrogens is 234 g/mol. The maximum atomic E-state index is 11.2. The lowest BCUT2D eigenvalue weighted by Crippen LogP contribution is -2.51. The second-order valence-corrected chi connectivity index (χ2v) is 4.78. The van der Waals surface area contributed by atoms with E-state index < -0.39 is 12.0 Å². The van der Waals surface area contributed by atoms with E-state index in [9.17, 15) is 4.79 Å². The number of nitrogens with zero attached hydrogens (tertiary/aromatic N) is 2. The van der Waals surface area contributed by atoms with Crippen LogP contribution in [0.4, 0.5) is 0 Å². The van der Waals surface area contributed by atoms with Gasteiger partial charge in [-0.05, 0) is 20.8 Å². The molecule has 100 valence electrons. The SMILES string of the molecule is Cc1nc(CN2C[C@@H](C)O[C@@H](C(N)=O)C2)oc1C. The molecular formula is C12H19N3O3. The topological polar surface area (TPSA) is 81.6 Å². The number of carbonyl (C=O) groups excluding carboxylic acids is 1. The molecule has 0 aromatic carbocycles. The average Bonchev–Trinajstić information content (AvgIpc) is 2.56. The van der Waals surface area contributed by atoms with E-state index in [4.69, 9.17) is 14.9 Å². The zero-order valence-corrected chi connectivity index (χ0v) is 11.0. The van der Waals surface area contributed by atoms with Crippen LogP contribution in [0.3, 0.4) is 0 Å². The number of hydrogen-bond acceptors (Lipinski definition) is 5. The first-order chi connectivity index (χ1) is 8.45. The van der Waals surface area contributed by atoms with Gasteiger partial charge in [0.15, 0.2) is 0 Å². The van der Waals surface area contributed by atoms with E-state index in [1.807, 2.05) is 20.8 Å². The van der Waals surface area contributed by atoms with Crippen molar-refractivity contribution >= 4 is 5.91 Å². The molecule has 2 atom stereocenters. The highest BCUT2D eigenvalue weighted by molar-refractivity contribution is 5.79. The predicted molar refractivity (Wildman–Crippen MR) is 64.8 cm³/mol. The summed E-state index contributed by atoms with van der Waals surface area (Å²) in [6, 6.07) is 0. The Balaban J connectivity index is 2.02. The zero-order chi connectivity index (χ0) is 13.3. The van der Waals surface area contributed by atoms with E-state index in [2.05, 4.69) is 9.88 Å². The van der Waals surface area contributed by atoms with Gasteiger partial charge >= 0.3 is 0 Å². The van der Waals surface area contributed by atoms with Crippen LogP contribution in [0.1, 0.15) is 24.3 Å². The van der Waals surface area contributed by atoms with Crippen LogP contribution in [-0.2, 0) is 16.1 Å². The van der Waals surface area contributed by atoms with Gasteiger partial charge in [0, 0.05) is 13.1 Å². The summed E-state index contributed by atoms with van der Waals surface area (Å²) in [5, 5.41) is 0. The molecule has 1 amide bonds. The van der Waals surface area contributed by atoms with E-state index in [-0.39, 0.29) is 6.10 Å². The molecule has 2 heterocycles. The van der Waals surface area contributed by atoms with Gasteiger partial charge < -0.3 is 14.9 Å². The van der Waals surface area contributed by atoms with Gasteiger partial charge in [-0.15, -0.1) is 0 Å². The Hall–Kier alpha value is -1.40. The van der Waals surface area contributed by atoms with Crippen LogP contribution in [0.5, 0.6) is 0 Å². The van der Waals surface area contributed by atoms with Gasteiger partial charge in [0.1, 0.15) is 11.9 Å². The summed E-state index contributed by atoms with van der Waals surface area (Å²) in [5.41, 5.74) is 6.18. The highest BCUT2D eigenvalue weighted by atomic mass is 16.5. The standard InChI is InChI=1S/C12H19N3O3/c1-7-4-15(5-10(17-7)12(13)16)6-11-14-8(2)9(3)18-11/h7,10H,4-6H2,1-3H3,(H2,13,16)/t7-,10-/m1/s1. The van der Waals surface area contributed by atoms with Crippen molar-refractivity contribution in [2.75, 3.05) is 13.1 Å². The van der Waals surface area contributed by atoms with Crippen molar-refractivity contribution in [2.45, 2.75) is 39.5 Å². The van der Waals surface area contributed by atoms with Crippen LogP contribution >= 0.6 is 0 Å². The van der Waals surface area contributed by atoms with E-state index in [0.717, 1.165) is 18.0 Å². The Morgan fingerprint density at radius 2 is 2.22 bits per heavy atom. The van der Waals surface area contributed by atoms with Crippen LogP contribution in [-0.4, -0.2) is 41.1 Å². The van der Waals surface area contributed by atoms with Crippen LogP contribution in [0.2, 0.25) is 0 Å². The van der Waals surface area contributed by atoms with Crippen LogP contribution in [0.15, 0.2) is 4.42 Å². The first-order valence-electron chi connectivity index (χ1n) is 6.05. The van der Waals surface area contributed by atoms with Gasteiger partial charge in [-0.25, -0.2) is 4.98 Å². The molecule has 1 saturated heterocycles. The number of hydrogen-bond donors (Lipinski definition) is 1. The van der Waals surface area contributed by atoms with Gasteiger partial charge in [-0.1, -0.05) is 0 Å². The minimum absolute atomic E-state index is 0.0200. The Labute approximate surface area is 106 Å². The molecule has 2 N–H and O–H groups in total. The zero-order valence-electron chi connectivity index (χ0n) is 11.0. The summed E-state index contributed by atoms with van der Waals surface area (Å²) in [4.78, 5) is 17.6. The molecule has 6 nitrogen and oxygen atoms in total. The predicted octanol–water partition coefficient (Wildman–Crippen LogP) is 0.366. The number of aryl methyl sites for hydroxylation is 2. The van der Waals surface area contributed by atoms with Crippen molar-refractivity contribution in [3.63, 3.8) is 0 Å². The quantitative estimate of drug-likeness (QED) is 0.841. The van der Waals surface area contributed by atoms with Crippen molar-refractivity contribution in [1.29, 1.82) is 0 Å². The molecule has 0 bridgehead atoms. The van der Waals surface area contributed by atoms with E-state index in [1.54, 1.807) is 0 Å². The van der Waals surface area contributed by atoms with Gasteiger partial charge in [-0.2, -0.15) is 0 Å². The number of carbonyl (C=O) groups is 1. The third-order valence-corrected chi connectivity index (χ3v) is 3.08. The maximum Gasteiger partial charge on any atom is 0.247 e. The smallest absolute Gasteiger partial charge is 0.247 e. The van der Waals surface area contributed by atoms with Crippen molar-refractivity contribution in [2.24, 2.45) is 5.73 Å². The van der Waals surface area contributed by atoms with Crippen molar-refractivity contribution in [1.82, 2.24) is 9.88 Å². The Morgan fingerprint density at radius 1 is 1.50 bits per heavy atom. The van der Waals surface area contributed by atoms with Crippen molar-refractivity contribution in [3.05, 3.63) is 17.3 Å². The molecule has 18 heavy (non-hydrogen) atoms. The highest BCUT2D eigenvalue weighted by Gasteiger charge is 2.29. The molecule has 1 fully saturated rings. The fourth-order valence-electron chi connectivity index (χ4n) is 2.12. The summed E-state index contributed by atoms with van der Waals surface area (Å²) in [6.45, 7) is 7.53. The minimum atomic E-state index is -0.550. The fraction of sp³-hybridized carbons (Fsp3) is 0.667. The van der Waals surface area contributed by atoms with Crippen molar-refractivity contribution in [3.8, 4) is 0 Å². The number of primary amides is 1. The first-order valence-corrected chi connectivity index (χ1v) is 6.05. The normalized spacial score (nSPS) is 25.3. The Kier molecular flexibility index (Phi) is 3.68. The molecule has 0 spiro atoms.